The van der Waals surface area contributed by atoms with Crippen LogP contribution < -0.4 is 0 Å². The smallest absolute Gasteiger partial charge is 0.134 e. The molecule has 0 radical (unpaired) electrons. The van der Waals surface area contributed by atoms with Gasteiger partial charge in [0.25, 0.3) is 0 Å². The number of hydrogen-bond donors (Lipinski definition) is 0. The SMILES string of the molecule is Cn1nc(-c2ccc(Cl)cc2F)c(Br)c1CS(=O)[O-]. The summed E-state index contributed by atoms with van der Waals surface area (Å²) in [6.45, 7) is 0. The average molecular weight is 367 g/mol. The maximum Gasteiger partial charge on any atom is 0.134 e. The third-order valence-corrected chi connectivity index (χ3v) is 4.12. The molecule has 1 heterocycles. The van der Waals surface area contributed by atoms with E-state index in [1.807, 2.05) is 0 Å². The van der Waals surface area contributed by atoms with Crippen LogP contribution in [0.2, 0.25) is 5.02 Å². The van der Waals surface area contributed by atoms with Crippen LogP contribution in [0.1, 0.15) is 5.69 Å². The van der Waals surface area contributed by atoms with Crippen molar-refractivity contribution in [2.45, 2.75) is 5.75 Å². The fraction of sp³-hybridized carbons (Fsp3) is 0.182. The lowest BCUT2D eigenvalue weighted by molar-refractivity contribution is 0.533. The van der Waals surface area contributed by atoms with E-state index in [1.54, 1.807) is 13.1 Å². The highest BCUT2D eigenvalue weighted by atomic mass is 79.9. The van der Waals surface area contributed by atoms with Crippen LogP contribution in [-0.4, -0.2) is 18.5 Å². The van der Waals surface area contributed by atoms with Crippen molar-refractivity contribution in [3.05, 3.63) is 39.2 Å². The van der Waals surface area contributed by atoms with Gasteiger partial charge in [0.2, 0.25) is 0 Å². The Morgan fingerprint density at radius 2 is 2.26 bits per heavy atom. The Labute approximate surface area is 125 Å². The van der Waals surface area contributed by atoms with Crippen molar-refractivity contribution in [1.29, 1.82) is 0 Å². The molecule has 1 atom stereocenters. The van der Waals surface area contributed by atoms with E-state index in [4.69, 9.17) is 11.6 Å². The van der Waals surface area contributed by atoms with Crippen LogP contribution in [-0.2, 0) is 23.9 Å². The van der Waals surface area contributed by atoms with Crippen LogP contribution in [0.4, 0.5) is 4.39 Å². The number of halogens is 3. The molecule has 2 aromatic rings. The molecule has 0 saturated heterocycles. The molecule has 4 nitrogen and oxygen atoms in total. The highest BCUT2D eigenvalue weighted by Crippen LogP contribution is 2.33. The van der Waals surface area contributed by atoms with Gasteiger partial charge >= 0.3 is 0 Å². The van der Waals surface area contributed by atoms with E-state index in [9.17, 15) is 13.2 Å². The van der Waals surface area contributed by atoms with Gasteiger partial charge in [0.1, 0.15) is 11.5 Å². The van der Waals surface area contributed by atoms with Gasteiger partial charge in [0.15, 0.2) is 0 Å². The summed E-state index contributed by atoms with van der Waals surface area (Å²) in [4.78, 5) is 0. The average Bonchev–Trinajstić information content (AvgIpc) is 2.57. The van der Waals surface area contributed by atoms with Crippen LogP contribution in [0.3, 0.4) is 0 Å². The van der Waals surface area contributed by atoms with Gasteiger partial charge in [-0.15, -0.1) is 0 Å². The molecule has 1 aromatic carbocycles. The third-order valence-electron chi connectivity index (χ3n) is 2.54. The van der Waals surface area contributed by atoms with Crippen molar-refractivity contribution in [2.24, 2.45) is 7.05 Å². The second-order valence-electron chi connectivity index (χ2n) is 3.81. The third kappa shape index (κ3) is 3.05. The van der Waals surface area contributed by atoms with Crippen LogP contribution >= 0.6 is 27.5 Å². The maximum absolute atomic E-state index is 13.8. The second-order valence-corrected chi connectivity index (χ2v) is 5.93. The molecule has 1 unspecified atom stereocenters. The Kier molecular flexibility index (Phi) is 4.39. The molecule has 0 aliphatic rings. The molecule has 0 aliphatic carbocycles. The zero-order chi connectivity index (χ0) is 14.2. The molecule has 102 valence electrons. The lowest BCUT2D eigenvalue weighted by Crippen LogP contribution is -2.02. The summed E-state index contributed by atoms with van der Waals surface area (Å²) < 4.78 is 37.3. The van der Waals surface area contributed by atoms with Gasteiger partial charge < -0.3 is 4.55 Å². The molecule has 0 spiro atoms. The normalized spacial score (nSPS) is 12.7. The Bertz CT molecular complexity index is 662. The van der Waals surface area contributed by atoms with Crippen LogP contribution in [0.5, 0.6) is 0 Å². The molecule has 0 amide bonds. The molecule has 0 bridgehead atoms. The van der Waals surface area contributed by atoms with Gasteiger partial charge in [-0.25, -0.2) is 4.39 Å². The van der Waals surface area contributed by atoms with E-state index in [1.165, 1.54) is 16.8 Å². The van der Waals surface area contributed by atoms with E-state index < -0.39 is 16.9 Å². The summed E-state index contributed by atoms with van der Waals surface area (Å²) in [5.74, 6) is -0.708. The monoisotopic (exact) mass is 365 g/mol. The first kappa shape index (κ1) is 14.6. The van der Waals surface area contributed by atoms with Gasteiger partial charge in [-0.1, -0.05) is 11.6 Å². The van der Waals surface area contributed by atoms with Gasteiger partial charge in [0, 0.05) is 17.6 Å². The van der Waals surface area contributed by atoms with Crippen LogP contribution in [0.25, 0.3) is 11.3 Å². The summed E-state index contributed by atoms with van der Waals surface area (Å²) in [5.41, 5.74) is 1.06. The number of nitrogens with zero attached hydrogens (tertiary/aromatic N) is 2. The van der Waals surface area contributed by atoms with E-state index in [0.717, 1.165) is 0 Å². The lowest BCUT2D eigenvalue weighted by Gasteiger charge is -2.05. The second kappa shape index (κ2) is 5.70. The molecule has 0 aliphatic heterocycles. The largest absolute Gasteiger partial charge is 0.772 e. The molecular formula is C11H8BrClFN2O2S-. The summed E-state index contributed by atoms with van der Waals surface area (Å²) >= 11 is 6.71. The molecular weight excluding hydrogens is 359 g/mol. The first-order valence-corrected chi connectivity index (χ1v) is 7.54. The molecule has 8 heteroatoms. The van der Waals surface area contributed by atoms with Crippen LogP contribution in [0.15, 0.2) is 22.7 Å². The standard InChI is InChI=1S/C11H9BrClFN2O2S/c1-16-9(5-19(17)18)10(12)11(15-16)7-3-2-6(13)4-8(7)14/h2-4H,5H2,1H3,(H,17,18)/p-1. The first-order valence-electron chi connectivity index (χ1n) is 5.12. The molecule has 19 heavy (non-hydrogen) atoms. The number of rotatable bonds is 3. The molecule has 2 rings (SSSR count). The minimum absolute atomic E-state index is 0.195. The zero-order valence-corrected chi connectivity index (χ0v) is 12.9. The van der Waals surface area contributed by atoms with Crippen molar-refractivity contribution < 1.29 is 13.2 Å². The minimum atomic E-state index is -2.24. The fourth-order valence-electron chi connectivity index (χ4n) is 1.66. The summed E-state index contributed by atoms with van der Waals surface area (Å²) in [7, 11) is 1.60. The Hall–Kier alpha value is -0.760. The van der Waals surface area contributed by atoms with E-state index >= 15 is 0 Å². The molecule has 0 fully saturated rings. The molecule has 1 aromatic heterocycles. The number of aromatic nitrogens is 2. The van der Waals surface area contributed by atoms with E-state index in [-0.39, 0.29) is 16.3 Å². The first-order chi connectivity index (χ1) is 8.90. The molecule has 0 saturated carbocycles. The fourth-order valence-corrected chi connectivity index (χ4v) is 3.24. The number of aryl methyl sites for hydroxylation is 1. The van der Waals surface area contributed by atoms with E-state index in [2.05, 4.69) is 21.0 Å². The zero-order valence-electron chi connectivity index (χ0n) is 9.69. The number of benzene rings is 1. The minimum Gasteiger partial charge on any atom is -0.772 e. The van der Waals surface area contributed by atoms with E-state index in [0.29, 0.717) is 15.9 Å². The highest BCUT2D eigenvalue weighted by molar-refractivity contribution is 9.10. The van der Waals surface area contributed by atoms with Gasteiger partial charge in [-0.2, -0.15) is 5.10 Å². The lowest BCUT2D eigenvalue weighted by atomic mass is 10.1. The van der Waals surface area contributed by atoms with Crippen molar-refractivity contribution in [2.75, 3.05) is 0 Å². The Balaban J connectivity index is 2.54. The highest BCUT2D eigenvalue weighted by Gasteiger charge is 2.18. The maximum atomic E-state index is 13.8. The van der Waals surface area contributed by atoms with Crippen molar-refractivity contribution in [1.82, 2.24) is 9.78 Å². The van der Waals surface area contributed by atoms with Crippen molar-refractivity contribution in [3.8, 4) is 11.3 Å². The Morgan fingerprint density at radius 1 is 1.58 bits per heavy atom. The Morgan fingerprint density at radius 3 is 2.84 bits per heavy atom. The predicted molar refractivity (Wildman–Crippen MR) is 73.9 cm³/mol. The van der Waals surface area contributed by atoms with Crippen molar-refractivity contribution >= 4 is 38.6 Å². The van der Waals surface area contributed by atoms with Gasteiger partial charge in [-0.05, 0) is 45.2 Å². The van der Waals surface area contributed by atoms with Crippen molar-refractivity contribution in [3.63, 3.8) is 0 Å². The quantitative estimate of drug-likeness (QED) is 0.785. The topological polar surface area (TPSA) is 58.0 Å². The van der Waals surface area contributed by atoms with Crippen LogP contribution in [0, 0.1) is 5.82 Å². The number of hydrogen-bond acceptors (Lipinski definition) is 3. The van der Waals surface area contributed by atoms with Gasteiger partial charge in [-0.3, -0.25) is 8.89 Å². The molecule has 0 N–H and O–H groups in total. The summed E-state index contributed by atoms with van der Waals surface area (Å²) in [6, 6.07) is 4.23. The summed E-state index contributed by atoms with van der Waals surface area (Å²) in [5, 5.41) is 4.42. The summed E-state index contributed by atoms with van der Waals surface area (Å²) in [6.07, 6.45) is 0. The van der Waals surface area contributed by atoms with Gasteiger partial charge in [0.05, 0.1) is 15.9 Å². The predicted octanol–water partition coefficient (Wildman–Crippen LogP) is 3.02.